The van der Waals surface area contributed by atoms with Crippen molar-refractivity contribution in [2.75, 3.05) is 6.61 Å². The maximum absolute atomic E-state index is 5.54. The van der Waals surface area contributed by atoms with Crippen molar-refractivity contribution in [3.8, 4) is 5.75 Å². The van der Waals surface area contributed by atoms with Gasteiger partial charge in [0.05, 0.1) is 6.61 Å². The molecule has 0 aliphatic carbocycles. The topological polar surface area (TPSA) is 9.23 Å². The molecule has 1 aromatic rings. The fourth-order valence-electron chi connectivity index (χ4n) is 1.18. The van der Waals surface area contributed by atoms with E-state index in [0.29, 0.717) is 0 Å². The molecule has 0 amide bonds. The first-order valence-electron chi connectivity index (χ1n) is 5.26. The Morgan fingerprint density at radius 1 is 1.29 bits per heavy atom. The number of benzene rings is 1. The van der Waals surface area contributed by atoms with Crippen LogP contribution in [0, 0.1) is 0 Å². The zero-order chi connectivity index (χ0) is 10.2. The molecular weight excluding hydrogens is 172 g/mol. The molecule has 0 unspecified atom stereocenters. The van der Waals surface area contributed by atoms with Gasteiger partial charge in [0.15, 0.2) is 0 Å². The zero-order valence-electron chi connectivity index (χ0n) is 8.99. The van der Waals surface area contributed by atoms with Gasteiger partial charge in [0.2, 0.25) is 0 Å². The summed E-state index contributed by atoms with van der Waals surface area (Å²) in [5.41, 5.74) is 1.21. The van der Waals surface area contributed by atoms with Crippen molar-refractivity contribution in [3.63, 3.8) is 0 Å². The largest absolute Gasteiger partial charge is 0.494 e. The van der Waals surface area contributed by atoms with E-state index in [4.69, 9.17) is 4.74 Å². The second kappa shape index (κ2) is 6.25. The third kappa shape index (κ3) is 3.65. The van der Waals surface area contributed by atoms with Gasteiger partial charge < -0.3 is 4.74 Å². The van der Waals surface area contributed by atoms with Crippen LogP contribution >= 0.6 is 0 Å². The summed E-state index contributed by atoms with van der Waals surface area (Å²) in [6.45, 7) is 5.04. The van der Waals surface area contributed by atoms with Crippen molar-refractivity contribution >= 4 is 6.08 Å². The second-order valence-electron chi connectivity index (χ2n) is 3.23. The standard InChI is InChI=1S/C13H18O/c1-3-5-7-12-8-6-9-13(11-12)14-10-4-2/h5-9,11H,3-4,10H2,1-2H3/b7-5+. The zero-order valence-corrected chi connectivity index (χ0v) is 8.99. The van der Waals surface area contributed by atoms with Crippen LogP contribution in [0.5, 0.6) is 5.75 Å². The van der Waals surface area contributed by atoms with Gasteiger partial charge in [-0.3, -0.25) is 0 Å². The van der Waals surface area contributed by atoms with Crippen molar-refractivity contribution in [1.82, 2.24) is 0 Å². The van der Waals surface area contributed by atoms with E-state index < -0.39 is 0 Å². The average molecular weight is 190 g/mol. The van der Waals surface area contributed by atoms with Gasteiger partial charge in [-0.05, 0) is 30.5 Å². The quantitative estimate of drug-likeness (QED) is 0.684. The lowest BCUT2D eigenvalue weighted by Gasteiger charge is -2.04. The van der Waals surface area contributed by atoms with Crippen LogP contribution in [-0.2, 0) is 0 Å². The minimum absolute atomic E-state index is 0.793. The first-order valence-corrected chi connectivity index (χ1v) is 5.26. The van der Waals surface area contributed by atoms with Gasteiger partial charge in [0, 0.05) is 0 Å². The van der Waals surface area contributed by atoms with Crippen LogP contribution in [-0.4, -0.2) is 6.61 Å². The molecule has 0 fully saturated rings. The molecule has 0 atom stereocenters. The molecular formula is C13H18O. The monoisotopic (exact) mass is 190 g/mol. The molecule has 0 spiro atoms. The van der Waals surface area contributed by atoms with E-state index in [-0.39, 0.29) is 0 Å². The van der Waals surface area contributed by atoms with Crippen molar-refractivity contribution in [3.05, 3.63) is 35.9 Å². The second-order valence-corrected chi connectivity index (χ2v) is 3.23. The summed E-state index contributed by atoms with van der Waals surface area (Å²) >= 11 is 0. The molecule has 0 bridgehead atoms. The maximum atomic E-state index is 5.54. The smallest absolute Gasteiger partial charge is 0.119 e. The normalized spacial score (nSPS) is 10.7. The molecule has 0 aromatic heterocycles. The van der Waals surface area contributed by atoms with Gasteiger partial charge >= 0.3 is 0 Å². The molecule has 1 nitrogen and oxygen atoms in total. The summed E-state index contributed by atoms with van der Waals surface area (Å²) in [4.78, 5) is 0. The minimum atomic E-state index is 0.793. The highest BCUT2D eigenvalue weighted by Gasteiger charge is 1.92. The minimum Gasteiger partial charge on any atom is -0.494 e. The van der Waals surface area contributed by atoms with E-state index in [2.05, 4.69) is 38.1 Å². The lowest BCUT2D eigenvalue weighted by atomic mass is 10.2. The summed E-state index contributed by atoms with van der Waals surface area (Å²) < 4.78 is 5.54. The van der Waals surface area contributed by atoms with Gasteiger partial charge in [-0.2, -0.15) is 0 Å². The van der Waals surface area contributed by atoms with Crippen molar-refractivity contribution < 1.29 is 4.74 Å². The molecule has 0 radical (unpaired) electrons. The molecule has 76 valence electrons. The molecule has 0 saturated heterocycles. The van der Waals surface area contributed by atoms with Gasteiger partial charge in [0.25, 0.3) is 0 Å². The van der Waals surface area contributed by atoms with Crippen LogP contribution in [0.15, 0.2) is 30.3 Å². The van der Waals surface area contributed by atoms with E-state index in [1.54, 1.807) is 0 Å². The van der Waals surface area contributed by atoms with Gasteiger partial charge in [-0.1, -0.05) is 38.1 Å². The van der Waals surface area contributed by atoms with Crippen LogP contribution in [0.25, 0.3) is 6.08 Å². The van der Waals surface area contributed by atoms with Crippen LogP contribution in [0.1, 0.15) is 32.3 Å². The molecule has 1 aromatic carbocycles. The third-order valence-corrected chi connectivity index (χ3v) is 1.88. The van der Waals surface area contributed by atoms with Crippen LogP contribution in [0.4, 0.5) is 0 Å². The summed E-state index contributed by atoms with van der Waals surface area (Å²) in [6.07, 6.45) is 6.40. The molecule has 1 heteroatoms. The van der Waals surface area contributed by atoms with E-state index >= 15 is 0 Å². The number of rotatable bonds is 5. The van der Waals surface area contributed by atoms with Crippen molar-refractivity contribution in [1.29, 1.82) is 0 Å². The summed E-state index contributed by atoms with van der Waals surface area (Å²) in [5.74, 6) is 0.963. The Kier molecular flexibility index (Phi) is 4.84. The Bertz CT molecular complexity index is 289. The predicted molar refractivity (Wildman–Crippen MR) is 61.6 cm³/mol. The SMILES string of the molecule is CC/C=C/c1cccc(OCCC)c1. The summed E-state index contributed by atoms with van der Waals surface area (Å²) in [6, 6.07) is 8.19. The third-order valence-electron chi connectivity index (χ3n) is 1.88. The van der Waals surface area contributed by atoms with Crippen LogP contribution in [0.2, 0.25) is 0 Å². The van der Waals surface area contributed by atoms with E-state index in [9.17, 15) is 0 Å². The molecule has 0 heterocycles. The maximum Gasteiger partial charge on any atom is 0.119 e. The molecule has 14 heavy (non-hydrogen) atoms. The summed E-state index contributed by atoms with van der Waals surface area (Å²) in [5, 5.41) is 0. The fourth-order valence-corrected chi connectivity index (χ4v) is 1.18. The van der Waals surface area contributed by atoms with E-state index in [0.717, 1.165) is 25.2 Å². The summed E-state index contributed by atoms with van der Waals surface area (Å²) in [7, 11) is 0. The lowest BCUT2D eigenvalue weighted by Crippen LogP contribution is -1.94. The molecule has 0 saturated carbocycles. The molecule has 1 rings (SSSR count). The first-order chi connectivity index (χ1) is 6.86. The van der Waals surface area contributed by atoms with Crippen molar-refractivity contribution in [2.24, 2.45) is 0 Å². The van der Waals surface area contributed by atoms with E-state index in [1.807, 2.05) is 12.1 Å². The first kappa shape index (κ1) is 10.8. The number of hydrogen-bond donors (Lipinski definition) is 0. The van der Waals surface area contributed by atoms with E-state index in [1.165, 1.54) is 5.56 Å². The van der Waals surface area contributed by atoms with Crippen LogP contribution in [0.3, 0.4) is 0 Å². The van der Waals surface area contributed by atoms with Gasteiger partial charge in [-0.25, -0.2) is 0 Å². The van der Waals surface area contributed by atoms with Crippen molar-refractivity contribution in [2.45, 2.75) is 26.7 Å². The fraction of sp³-hybridized carbons (Fsp3) is 0.385. The highest BCUT2D eigenvalue weighted by atomic mass is 16.5. The Balaban J connectivity index is 2.63. The van der Waals surface area contributed by atoms with Crippen LogP contribution < -0.4 is 4.74 Å². The number of hydrogen-bond acceptors (Lipinski definition) is 1. The average Bonchev–Trinajstić information content (AvgIpc) is 2.24. The number of allylic oxidation sites excluding steroid dienone is 1. The lowest BCUT2D eigenvalue weighted by molar-refractivity contribution is 0.317. The highest BCUT2D eigenvalue weighted by Crippen LogP contribution is 2.14. The Labute approximate surface area is 86.4 Å². The predicted octanol–water partition coefficient (Wildman–Crippen LogP) is 3.90. The van der Waals surface area contributed by atoms with Gasteiger partial charge in [-0.15, -0.1) is 0 Å². The van der Waals surface area contributed by atoms with Gasteiger partial charge in [0.1, 0.15) is 5.75 Å². The Morgan fingerprint density at radius 3 is 2.86 bits per heavy atom. The molecule has 0 N–H and O–H groups in total. The molecule has 0 aliphatic rings. The number of ether oxygens (including phenoxy) is 1. The molecule has 0 aliphatic heterocycles. The Morgan fingerprint density at radius 2 is 2.14 bits per heavy atom. The highest BCUT2D eigenvalue weighted by molar-refractivity contribution is 5.51. The Hall–Kier alpha value is -1.24.